The normalized spacial score (nSPS) is 11.0. The summed E-state index contributed by atoms with van der Waals surface area (Å²) in [6.45, 7) is 2.11. The van der Waals surface area contributed by atoms with E-state index >= 15 is 0 Å². The first-order chi connectivity index (χ1) is 12.4. The number of ether oxygens (including phenoxy) is 2. The van der Waals surface area contributed by atoms with Crippen LogP contribution in [0.4, 0.5) is 0 Å². The van der Waals surface area contributed by atoms with Crippen molar-refractivity contribution in [2.75, 3.05) is 27.3 Å². The largest absolute Gasteiger partial charge is 0.493 e. The number of rotatable bonds is 8. The van der Waals surface area contributed by atoms with Crippen molar-refractivity contribution in [3.8, 4) is 11.5 Å². The lowest BCUT2D eigenvalue weighted by Crippen LogP contribution is -2.34. The number of benzene rings is 2. The molecule has 0 aliphatic heterocycles. The quantitative estimate of drug-likeness (QED) is 0.682. The van der Waals surface area contributed by atoms with E-state index in [1.807, 2.05) is 6.92 Å². The van der Waals surface area contributed by atoms with E-state index in [4.69, 9.17) is 9.47 Å². The van der Waals surface area contributed by atoms with Crippen molar-refractivity contribution < 1.29 is 22.7 Å². The standard InChI is InChI=1S/C18H22N2O5S/c1-13-4-7-15(8-5-13)26(22,23)20-11-10-19-18(21)14-6-9-16(24-2)17(12-14)25-3/h4-9,12,20H,10-11H2,1-3H3,(H,19,21). The highest BCUT2D eigenvalue weighted by Gasteiger charge is 2.14. The molecule has 2 aromatic rings. The molecule has 0 radical (unpaired) electrons. The van der Waals surface area contributed by atoms with Gasteiger partial charge >= 0.3 is 0 Å². The van der Waals surface area contributed by atoms with Gasteiger partial charge in [-0.3, -0.25) is 4.79 Å². The molecule has 0 spiro atoms. The minimum absolute atomic E-state index is 0.0786. The summed E-state index contributed by atoms with van der Waals surface area (Å²) in [6.07, 6.45) is 0. The van der Waals surface area contributed by atoms with Gasteiger partial charge in [-0.05, 0) is 37.3 Å². The number of carbonyl (C=O) groups is 1. The molecule has 0 aliphatic rings. The summed E-state index contributed by atoms with van der Waals surface area (Å²) in [4.78, 5) is 12.3. The second-order valence-electron chi connectivity index (χ2n) is 5.54. The van der Waals surface area contributed by atoms with Gasteiger partial charge in [-0.1, -0.05) is 17.7 Å². The molecule has 0 unspecified atom stereocenters. The van der Waals surface area contributed by atoms with Crippen LogP contribution in [-0.4, -0.2) is 41.6 Å². The summed E-state index contributed by atoms with van der Waals surface area (Å²) in [5, 5.41) is 2.66. The lowest BCUT2D eigenvalue weighted by Gasteiger charge is -2.11. The minimum Gasteiger partial charge on any atom is -0.493 e. The Kier molecular flexibility index (Phi) is 6.59. The van der Waals surface area contributed by atoms with Crippen molar-refractivity contribution in [3.05, 3.63) is 53.6 Å². The first kappa shape index (κ1) is 19.7. The molecule has 2 rings (SSSR count). The van der Waals surface area contributed by atoms with Gasteiger partial charge in [-0.15, -0.1) is 0 Å². The van der Waals surface area contributed by atoms with Gasteiger partial charge in [0, 0.05) is 18.7 Å². The van der Waals surface area contributed by atoms with Gasteiger partial charge < -0.3 is 14.8 Å². The Labute approximate surface area is 153 Å². The maximum Gasteiger partial charge on any atom is 0.251 e. The van der Waals surface area contributed by atoms with Gasteiger partial charge in [0.05, 0.1) is 19.1 Å². The summed E-state index contributed by atoms with van der Waals surface area (Å²) in [7, 11) is -0.600. The highest BCUT2D eigenvalue weighted by molar-refractivity contribution is 7.89. The third-order valence-electron chi connectivity index (χ3n) is 3.68. The second-order valence-corrected chi connectivity index (χ2v) is 7.30. The maximum atomic E-state index is 12.2. The number of nitrogens with one attached hydrogen (secondary N) is 2. The number of hydrogen-bond acceptors (Lipinski definition) is 5. The molecule has 1 amide bonds. The summed E-state index contributed by atoms with van der Waals surface area (Å²) in [5.74, 6) is 0.635. The van der Waals surface area contributed by atoms with Crippen molar-refractivity contribution in [1.29, 1.82) is 0 Å². The van der Waals surface area contributed by atoms with Crippen molar-refractivity contribution in [2.45, 2.75) is 11.8 Å². The Bertz CT molecular complexity index is 864. The van der Waals surface area contributed by atoms with Gasteiger partial charge in [0.2, 0.25) is 10.0 Å². The second kappa shape index (κ2) is 8.68. The molecule has 7 nitrogen and oxygen atoms in total. The predicted molar refractivity (Wildman–Crippen MR) is 98.2 cm³/mol. The number of hydrogen-bond donors (Lipinski definition) is 2. The molecule has 0 fully saturated rings. The Hall–Kier alpha value is -2.58. The monoisotopic (exact) mass is 378 g/mol. The van der Waals surface area contributed by atoms with Crippen LogP contribution in [0.3, 0.4) is 0 Å². The molecule has 0 aliphatic carbocycles. The van der Waals surface area contributed by atoms with Crippen LogP contribution >= 0.6 is 0 Å². The molecule has 0 atom stereocenters. The third-order valence-corrected chi connectivity index (χ3v) is 5.16. The van der Waals surface area contributed by atoms with E-state index in [-0.39, 0.29) is 23.9 Å². The van der Waals surface area contributed by atoms with Crippen LogP contribution < -0.4 is 19.5 Å². The molecular weight excluding hydrogens is 356 g/mol. The molecule has 26 heavy (non-hydrogen) atoms. The molecule has 0 saturated carbocycles. The van der Waals surface area contributed by atoms with E-state index in [9.17, 15) is 13.2 Å². The molecule has 2 aromatic carbocycles. The van der Waals surface area contributed by atoms with Crippen LogP contribution in [0.5, 0.6) is 11.5 Å². The van der Waals surface area contributed by atoms with E-state index in [2.05, 4.69) is 10.0 Å². The minimum atomic E-state index is -3.60. The first-order valence-electron chi connectivity index (χ1n) is 7.94. The Morgan fingerprint density at radius 2 is 1.62 bits per heavy atom. The van der Waals surface area contributed by atoms with E-state index in [1.165, 1.54) is 14.2 Å². The summed E-state index contributed by atoms with van der Waals surface area (Å²) in [5.41, 5.74) is 1.37. The number of amides is 1. The zero-order valence-electron chi connectivity index (χ0n) is 14.9. The fourth-order valence-corrected chi connectivity index (χ4v) is 3.27. The number of aryl methyl sites for hydroxylation is 1. The van der Waals surface area contributed by atoms with E-state index in [1.54, 1.807) is 42.5 Å². The first-order valence-corrected chi connectivity index (χ1v) is 9.42. The van der Waals surface area contributed by atoms with Crippen LogP contribution in [0, 0.1) is 6.92 Å². The molecule has 0 bridgehead atoms. The number of carbonyl (C=O) groups excluding carboxylic acids is 1. The fraction of sp³-hybridized carbons (Fsp3) is 0.278. The van der Waals surface area contributed by atoms with Gasteiger partial charge in [0.25, 0.3) is 5.91 Å². The Balaban J connectivity index is 1.89. The van der Waals surface area contributed by atoms with E-state index in [0.29, 0.717) is 17.1 Å². The van der Waals surface area contributed by atoms with Crippen molar-refractivity contribution >= 4 is 15.9 Å². The van der Waals surface area contributed by atoms with Crippen LogP contribution in [0.1, 0.15) is 15.9 Å². The molecular formula is C18H22N2O5S. The Morgan fingerprint density at radius 1 is 0.962 bits per heavy atom. The average Bonchev–Trinajstić information content (AvgIpc) is 2.64. The van der Waals surface area contributed by atoms with Gasteiger partial charge in [0.15, 0.2) is 11.5 Å². The number of methoxy groups -OCH3 is 2. The Morgan fingerprint density at radius 3 is 2.23 bits per heavy atom. The van der Waals surface area contributed by atoms with Crippen LogP contribution in [0.15, 0.2) is 47.4 Å². The predicted octanol–water partition coefficient (Wildman–Crippen LogP) is 1.72. The fourth-order valence-electron chi connectivity index (χ4n) is 2.24. The van der Waals surface area contributed by atoms with Crippen molar-refractivity contribution in [1.82, 2.24) is 10.0 Å². The van der Waals surface area contributed by atoms with E-state index in [0.717, 1.165) is 5.56 Å². The molecule has 0 aromatic heterocycles. The molecule has 8 heteroatoms. The highest BCUT2D eigenvalue weighted by Crippen LogP contribution is 2.27. The molecule has 2 N–H and O–H groups in total. The third kappa shape index (κ3) is 4.96. The SMILES string of the molecule is COc1ccc(C(=O)NCCNS(=O)(=O)c2ccc(C)cc2)cc1OC. The van der Waals surface area contributed by atoms with Gasteiger partial charge in [-0.2, -0.15) is 0 Å². The number of sulfonamides is 1. The zero-order valence-corrected chi connectivity index (χ0v) is 15.7. The maximum absolute atomic E-state index is 12.2. The lowest BCUT2D eigenvalue weighted by atomic mass is 10.2. The smallest absolute Gasteiger partial charge is 0.251 e. The summed E-state index contributed by atoms with van der Waals surface area (Å²) < 4.78 is 37.1. The van der Waals surface area contributed by atoms with Gasteiger partial charge in [0.1, 0.15) is 0 Å². The topological polar surface area (TPSA) is 93.7 Å². The molecule has 140 valence electrons. The van der Waals surface area contributed by atoms with Crippen molar-refractivity contribution in [3.63, 3.8) is 0 Å². The van der Waals surface area contributed by atoms with Crippen molar-refractivity contribution in [2.24, 2.45) is 0 Å². The summed E-state index contributed by atoms with van der Waals surface area (Å²) in [6, 6.07) is 11.3. The molecule has 0 heterocycles. The highest BCUT2D eigenvalue weighted by atomic mass is 32.2. The lowest BCUT2D eigenvalue weighted by molar-refractivity contribution is 0.0954. The zero-order chi connectivity index (χ0) is 19.2. The van der Waals surface area contributed by atoms with Crippen LogP contribution in [0.25, 0.3) is 0 Å². The summed E-state index contributed by atoms with van der Waals surface area (Å²) >= 11 is 0. The van der Waals surface area contributed by atoms with E-state index < -0.39 is 10.0 Å². The van der Waals surface area contributed by atoms with Crippen LogP contribution in [0.2, 0.25) is 0 Å². The van der Waals surface area contributed by atoms with Gasteiger partial charge in [-0.25, -0.2) is 13.1 Å². The molecule has 0 saturated heterocycles. The van der Waals surface area contributed by atoms with Crippen LogP contribution in [-0.2, 0) is 10.0 Å². The average molecular weight is 378 g/mol.